The smallest absolute Gasteiger partial charge is 0.328 e. The van der Waals surface area contributed by atoms with E-state index in [0.29, 0.717) is 25.1 Å². The zero-order chi connectivity index (χ0) is 12.3. The van der Waals surface area contributed by atoms with E-state index < -0.39 is 5.97 Å². The van der Waals surface area contributed by atoms with Gasteiger partial charge in [0.2, 0.25) is 5.91 Å². The van der Waals surface area contributed by atoms with E-state index in [0.717, 1.165) is 38.0 Å². The van der Waals surface area contributed by atoms with E-state index in [-0.39, 0.29) is 5.91 Å². The molecule has 1 N–H and O–H groups in total. The van der Waals surface area contributed by atoms with Gasteiger partial charge < -0.3 is 14.7 Å². The molecule has 0 aromatic heterocycles. The lowest BCUT2D eigenvalue weighted by atomic mass is 10.1. The Morgan fingerprint density at radius 3 is 2.59 bits per heavy atom. The van der Waals surface area contributed by atoms with E-state index in [1.165, 1.54) is 0 Å². The van der Waals surface area contributed by atoms with Crippen LogP contribution >= 0.6 is 0 Å². The molecule has 1 amide bonds. The number of nitrogens with zero attached hydrogens (tertiary/aromatic N) is 1. The fourth-order valence-electron chi connectivity index (χ4n) is 2.05. The summed E-state index contributed by atoms with van der Waals surface area (Å²) in [5, 5.41) is 8.51. The number of rotatable bonds is 5. The van der Waals surface area contributed by atoms with Gasteiger partial charge in [-0.25, -0.2) is 4.79 Å². The first-order chi connectivity index (χ1) is 8.16. The first-order valence-corrected chi connectivity index (χ1v) is 5.96. The largest absolute Gasteiger partial charge is 0.478 e. The Morgan fingerprint density at radius 1 is 1.29 bits per heavy atom. The zero-order valence-corrected chi connectivity index (χ0v) is 9.67. The minimum absolute atomic E-state index is 0.193. The topological polar surface area (TPSA) is 66.8 Å². The zero-order valence-electron chi connectivity index (χ0n) is 9.67. The van der Waals surface area contributed by atoms with E-state index in [9.17, 15) is 9.59 Å². The highest BCUT2D eigenvalue weighted by molar-refractivity contribution is 5.94. The molecule has 5 nitrogen and oxygen atoms in total. The van der Waals surface area contributed by atoms with Crippen LogP contribution in [0.15, 0.2) is 12.2 Å². The molecule has 1 aliphatic heterocycles. The number of hydrogen-bond acceptors (Lipinski definition) is 3. The molecule has 0 radical (unpaired) electrons. The lowest BCUT2D eigenvalue weighted by Crippen LogP contribution is -2.36. The van der Waals surface area contributed by atoms with Gasteiger partial charge in [-0.2, -0.15) is 0 Å². The summed E-state index contributed by atoms with van der Waals surface area (Å²) in [6.45, 7) is 2.16. The second-order valence-corrected chi connectivity index (χ2v) is 4.62. The van der Waals surface area contributed by atoms with Crippen molar-refractivity contribution in [1.82, 2.24) is 4.90 Å². The third-order valence-electron chi connectivity index (χ3n) is 3.12. The molecule has 2 rings (SSSR count). The van der Waals surface area contributed by atoms with Crippen molar-refractivity contribution in [2.45, 2.75) is 25.3 Å². The molecule has 1 saturated heterocycles. The molecular weight excluding hydrogens is 222 g/mol. The van der Waals surface area contributed by atoms with Crippen molar-refractivity contribution < 1.29 is 19.4 Å². The Morgan fingerprint density at radius 2 is 2.06 bits per heavy atom. The maximum atomic E-state index is 11.9. The average molecular weight is 239 g/mol. The predicted molar refractivity (Wildman–Crippen MR) is 60.4 cm³/mol. The van der Waals surface area contributed by atoms with Crippen LogP contribution in [0.2, 0.25) is 0 Å². The number of carbonyl (C=O) groups excluding carboxylic acids is 1. The standard InChI is InChI=1S/C12H17NO4/c14-11(3-4-12(15)16)13(10-1-2-10)7-9-5-6-17-8-9/h3-4,9-10H,1-2,5-8H2,(H,15,16)/b4-3+. The van der Waals surface area contributed by atoms with Crippen LogP contribution < -0.4 is 0 Å². The Balaban J connectivity index is 1.91. The Hall–Kier alpha value is -1.36. The van der Waals surface area contributed by atoms with Gasteiger partial charge in [0, 0.05) is 37.3 Å². The summed E-state index contributed by atoms with van der Waals surface area (Å²) < 4.78 is 5.29. The fraction of sp³-hybridized carbons (Fsp3) is 0.667. The number of carbonyl (C=O) groups is 2. The number of hydrogen-bond donors (Lipinski definition) is 1. The molecular formula is C12H17NO4. The summed E-state index contributed by atoms with van der Waals surface area (Å²) in [6.07, 6.45) is 5.10. The first kappa shape index (κ1) is 12.1. The van der Waals surface area contributed by atoms with Gasteiger partial charge in [-0.1, -0.05) is 0 Å². The highest BCUT2D eigenvalue weighted by Gasteiger charge is 2.33. The minimum atomic E-state index is -1.08. The summed E-state index contributed by atoms with van der Waals surface area (Å²) in [5.41, 5.74) is 0. The van der Waals surface area contributed by atoms with Gasteiger partial charge in [-0.3, -0.25) is 4.79 Å². The molecule has 0 aromatic carbocycles. The summed E-state index contributed by atoms with van der Waals surface area (Å²) in [6, 6.07) is 0.307. The lowest BCUT2D eigenvalue weighted by Gasteiger charge is -2.23. The normalized spacial score (nSPS) is 24.1. The van der Waals surface area contributed by atoms with Gasteiger partial charge in [-0.05, 0) is 19.3 Å². The molecule has 0 aromatic rings. The van der Waals surface area contributed by atoms with E-state index in [2.05, 4.69) is 0 Å². The van der Waals surface area contributed by atoms with Crippen LogP contribution in [-0.4, -0.2) is 47.7 Å². The summed E-state index contributed by atoms with van der Waals surface area (Å²) in [5.74, 6) is -0.877. The van der Waals surface area contributed by atoms with Crippen LogP contribution in [0.1, 0.15) is 19.3 Å². The van der Waals surface area contributed by atoms with Crippen molar-refractivity contribution >= 4 is 11.9 Å². The van der Waals surface area contributed by atoms with Crippen LogP contribution in [0.25, 0.3) is 0 Å². The quantitative estimate of drug-likeness (QED) is 0.715. The van der Waals surface area contributed by atoms with E-state index in [1.54, 1.807) is 4.90 Å². The molecule has 5 heteroatoms. The van der Waals surface area contributed by atoms with Crippen LogP contribution in [0.3, 0.4) is 0 Å². The SMILES string of the molecule is O=C(O)/C=C/C(=O)N(CC1CCOC1)C1CC1. The van der Waals surface area contributed by atoms with Crippen molar-refractivity contribution in [3.63, 3.8) is 0 Å². The summed E-state index contributed by atoms with van der Waals surface area (Å²) in [4.78, 5) is 24.0. The molecule has 2 aliphatic rings. The summed E-state index contributed by atoms with van der Waals surface area (Å²) >= 11 is 0. The molecule has 1 atom stereocenters. The molecule has 2 fully saturated rings. The second kappa shape index (κ2) is 5.31. The summed E-state index contributed by atoms with van der Waals surface area (Å²) in [7, 11) is 0. The Bertz CT molecular complexity index is 329. The molecule has 0 bridgehead atoms. The molecule has 94 valence electrons. The van der Waals surface area contributed by atoms with Crippen molar-refractivity contribution in [3.05, 3.63) is 12.2 Å². The van der Waals surface area contributed by atoms with Crippen molar-refractivity contribution in [2.24, 2.45) is 5.92 Å². The maximum Gasteiger partial charge on any atom is 0.328 e. The van der Waals surface area contributed by atoms with E-state index >= 15 is 0 Å². The van der Waals surface area contributed by atoms with Gasteiger partial charge in [0.25, 0.3) is 0 Å². The predicted octanol–water partition coefficient (Wildman–Crippen LogP) is 0.655. The second-order valence-electron chi connectivity index (χ2n) is 4.62. The van der Waals surface area contributed by atoms with Crippen molar-refractivity contribution in [3.8, 4) is 0 Å². The van der Waals surface area contributed by atoms with Gasteiger partial charge in [0.05, 0.1) is 6.61 Å². The number of aliphatic carboxylic acids is 1. The van der Waals surface area contributed by atoms with E-state index in [1.807, 2.05) is 0 Å². The van der Waals surface area contributed by atoms with E-state index in [4.69, 9.17) is 9.84 Å². The van der Waals surface area contributed by atoms with Gasteiger partial charge in [0.15, 0.2) is 0 Å². The number of carboxylic acids is 1. The molecule has 0 spiro atoms. The molecule has 17 heavy (non-hydrogen) atoms. The highest BCUT2D eigenvalue weighted by atomic mass is 16.5. The molecule has 1 unspecified atom stereocenters. The minimum Gasteiger partial charge on any atom is -0.478 e. The number of ether oxygens (including phenoxy) is 1. The van der Waals surface area contributed by atoms with Gasteiger partial charge in [-0.15, -0.1) is 0 Å². The molecule has 1 saturated carbocycles. The van der Waals surface area contributed by atoms with Gasteiger partial charge in [0.1, 0.15) is 0 Å². The van der Waals surface area contributed by atoms with Crippen LogP contribution in [0.5, 0.6) is 0 Å². The Kier molecular flexibility index (Phi) is 3.78. The average Bonchev–Trinajstić information content (AvgIpc) is 3.00. The monoisotopic (exact) mass is 239 g/mol. The van der Waals surface area contributed by atoms with Crippen molar-refractivity contribution in [2.75, 3.05) is 19.8 Å². The van der Waals surface area contributed by atoms with Crippen LogP contribution in [0.4, 0.5) is 0 Å². The number of carboxylic acid groups (broad SMARTS) is 1. The van der Waals surface area contributed by atoms with Gasteiger partial charge >= 0.3 is 5.97 Å². The number of amides is 1. The molecule has 1 aliphatic carbocycles. The Labute approximate surface area is 100 Å². The first-order valence-electron chi connectivity index (χ1n) is 5.96. The van der Waals surface area contributed by atoms with Crippen LogP contribution in [-0.2, 0) is 14.3 Å². The third kappa shape index (κ3) is 3.56. The van der Waals surface area contributed by atoms with Crippen molar-refractivity contribution in [1.29, 1.82) is 0 Å². The maximum absolute atomic E-state index is 11.9. The fourth-order valence-corrected chi connectivity index (χ4v) is 2.05. The molecule has 1 heterocycles. The highest BCUT2D eigenvalue weighted by Crippen LogP contribution is 2.29. The third-order valence-corrected chi connectivity index (χ3v) is 3.12. The van der Waals surface area contributed by atoms with Crippen LogP contribution in [0, 0.1) is 5.92 Å². The lowest BCUT2D eigenvalue weighted by molar-refractivity contribution is -0.132.